The highest BCUT2D eigenvalue weighted by Crippen LogP contribution is 2.22. The predicted octanol–water partition coefficient (Wildman–Crippen LogP) is 4.05. The lowest BCUT2D eigenvalue weighted by atomic mass is 10.0. The van der Waals surface area contributed by atoms with Crippen LogP contribution in [0.2, 0.25) is 4.34 Å². The van der Waals surface area contributed by atoms with Gasteiger partial charge in [-0.15, -0.1) is 11.3 Å². The predicted molar refractivity (Wildman–Crippen MR) is 68.7 cm³/mol. The van der Waals surface area contributed by atoms with E-state index in [2.05, 4.69) is 41.2 Å². The SMILES string of the molecule is CC(C)(CCBr)NCc1ccc(Cl)s1. The third kappa shape index (κ3) is 4.30. The lowest BCUT2D eigenvalue weighted by molar-refractivity contribution is 0.379. The van der Waals surface area contributed by atoms with Crippen LogP contribution in [0.25, 0.3) is 0 Å². The van der Waals surface area contributed by atoms with Gasteiger partial charge in [0.2, 0.25) is 0 Å². The minimum absolute atomic E-state index is 0.181. The van der Waals surface area contributed by atoms with Crippen LogP contribution in [-0.4, -0.2) is 10.9 Å². The standard InChI is InChI=1S/C10H15BrClNS/c1-10(2,5-6-11)13-7-8-3-4-9(12)14-8/h3-4,13H,5-7H2,1-2H3. The highest BCUT2D eigenvalue weighted by Gasteiger charge is 2.15. The molecule has 0 aliphatic heterocycles. The second kappa shape index (κ2) is 5.50. The topological polar surface area (TPSA) is 12.0 Å². The molecule has 1 aromatic heterocycles. The normalized spacial score (nSPS) is 12.0. The molecule has 0 unspecified atom stereocenters. The summed E-state index contributed by atoms with van der Waals surface area (Å²) < 4.78 is 0.861. The lowest BCUT2D eigenvalue weighted by Gasteiger charge is -2.25. The van der Waals surface area contributed by atoms with Crippen molar-refractivity contribution in [3.63, 3.8) is 0 Å². The summed E-state index contributed by atoms with van der Waals surface area (Å²) >= 11 is 10.9. The molecule has 80 valence electrons. The number of hydrogen-bond acceptors (Lipinski definition) is 2. The zero-order chi connectivity index (χ0) is 10.6. The number of rotatable bonds is 5. The van der Waals surface area contributed by atoms with E-state index in [-0.39, 0.29) is 5.54 Å². The maximum atomic E-state index is 5.85. The molecule has 0 aliphatic carbocycles. The number of nitrogens with one attached hydrogen (secondary N) is 1. The van der Waals surface area contributed by atoms with Gasteiger partial charge in [0.05, 0.1) is 4.34 Å². The van der Waals surface area contributed by atoms with Gasteiger partial charge in [-0.2, -0.15) is 0 Å². The van der Waals surface area contributed by atoms with E-state index in [1.54, 1.807) is 11.3 Å². The van der Waals surface area contributed by atoms with Gasteiger partial charge in [-0.3, -0.25) is 0 Å². The Balaban J connectivity index is 2.40. The first-order valence-electron chi connectivity index (χ1n) is 4.59. The van der Waals surface area contributed by atoms with Crippen molar-refractivity contribution < 1.29 is 0 Å². The van der Waals surface area contributed by atoms with Gasteiger partial charge in [0.1, 0.15) is 0 Å². The fraction of sp³-hybridized carbons (Fsp3) is 0.600. The lowest BCUT2D eigenvalue weighted by Crippen LogP contribution is -2.38. The largest absolute Gasteiger partial charge is 0.307 e. The number of halogens is 2. The van der Waals surface area contributed by atoms with E-state index >= 15 is 0 Å². The maximum absolute atomic E-state index is 5.85. The quantitative estimate of drug-likeness (QED) is 0.808. The molecular formula is C10H15BrClNS. The van der Waals surface area contributed by atoms with E-state index in [1.807, 2.05) is 6.07 Å². The molecule has 0 aromatic carbocycles. The summed E-state index contributed by atoms with van der Waals surface area (Å²) in [7, 11) is 0. The van der Waals surface area contributed by atoms with E-state index in [1.165, 1.54) is 4.88 Å². The molecule has 0 fully saturated rings. The molecular weight excluding hydrogens is 282 g/mol. The molecule has 0 saturated heterocycles. The van der Waals surface area contributed by atoms with Gasteiger partial charge in [0, 0.05) is 22.3 Å². The van der Waals surface area contributed by atoms with Crippen molar-refractivity contribution in [3.05, 3.63) is 21.3 Å². The highest BCUT2D eigenvalue weighted by atomic mass is 79.9. The van der Waals surface area contributed by atoms with Crippen molar-refractivity contribution in [1.29, 1.82) is 0 Å². The molecule has 1 heterocycles. The molecule has 1 rings (SSSR count). The fourth-order valence-electron chi connectivity index (χ4n) is 1.10. The molecule has 0 radical (unpaired) electrons. The molecule has 0 atom stereocenters. The molecule has 1 nitrogen and oxygen atoms in total. The van der Waals surface area contributed by atoms with Crippen LogP contribution in [0.15, 0.2) is 12.1 Å². The molecule has 0 saturated carbocycles. The molecule has 0 aliphatic rings. The smallest absolute Gasteiger partial charge is 0.0931 e. The summed E-state index contributed by atoms with van der Waals surface area (Å²) in [6, 6.07) is 4.02. The Morgan fingerprint density at radius 3 is 2.71 bits per heavy atom. The van der Waals surface area contributed by atoms with Crippen molar-refractivity contribution in [2.45, 2.75) is 32.4 Å². The third-order valence-corrected chi connectivity index (χ3v) is 3.72. The Bertz CT molecular complexity index is 285. The minimum atomic E-state index is 0.181. The Labute approximate surface area is 103 Å². The van der Waals surface area contributed by atoms with E-state index in [9.17, 15) is 0 Å². The Kier molecular flexibility index (Phi) is 4.91. The Morgan fingerprint density at radius 1 is 1.50 bits per heavy atom. The van der Waals surface area contributed by atoms with Crippen LogP contribution in [0, 0.1) is 0 Å². The van der Waals surface area contributed by atoms with Crippen LogP contribution >= 0.6 is 38.9 Å². The van der Waals surface area contributed by atoms with Crippen LogP contribution in [-0.2, 0) is 6.54 Å². The summed E-state index contributed by atoms with van der Waals surface area (Å²) in [6.07, 6.45) is 1.12. The van der Waals surface area contributed by atoms with Crippen LogP contribution in [0.5, 0.6) is 0 Å². The molecule has 4 heteroatoms. The van der Waals surface area contributed by atoms with Crippen LogP contribution in [0.1, 0.15) is 25.1 Å². The van der Waals surface area contributed by atoms with Gasteiger partial charge in [-0.25, -0.2) is 0 Å². The van der Waals surface area contributed by atoms with Crippen molar-refractivity contribution in [2.24, 2.45) is 0 Å². The van der Waals surface area contributed by atoms with Gasteiger partial charge in [0.25, 0.3) is 0 Å². The second-order valence-corrected chi connectivity index (χ2v) is 6.47. The van der Waals surface area contributed by atoms with Gasteiger partial charge in [-0.1, -0.05) is 27.5 Å². The van der Waals surface area contributed by atoms with Crippen molar-refractivity contribution in [3.8, 4) is 0 Å². The van der Waals surface area contributed by atoms with Crippen molar-refractivity contribution >= 4 is 38.9 Å². The molecule has 14 heavy (non-hydrogen) atoms. The van der Waals surface area contributed by atoms with Crippen molar-refractivity contribution in [2.75, 3.05) is 5.33 Å². The van der Waals surface area contributed by atoms with Gasteiger partial charge in [0.15, 0.2) is 0 Å². The average Bonchev–Trinajstić information content (AvgIpc) is 2.48. The average molecular weight is 297 g/mol. The summed E-state index contributed by atoms with van der Waals surface area (Å²) in [5.41, 5.74) is 0.181. The zero-order valence-electron chi connectivity index (χ0n) is 8.44. The Morgan fingerprint density at radius 2 is 2.21 bits per heavy atom. The first kappa shape index (κ1) is 12.5. The fourth-order valence-corrected chi connectivity index (χ4v) is 3.12. The third-order valence-electron chi connectivity index (χ3n) is 2.09. The van der Waals surface area contributed by atoms with Crippen LogP contribution in [0.3, 0.4) is 0 Å². The zero-order valence-corrected chi connectivity index (χ0v) is 11.6. The summed E-state index contributed by atoms with van der Waals surface area (Å²) in [5.74, 6) is 0. The molecule has 0 spiro atoms. The first-order valence-corrected chi connectivity index (χ1v) is 6.90. The second-order valence-electron chi connectivity index (χ2n) is 3.88. The summed E-state index contributed by atoms with van der Waals surface area (Å²) in [5, 5.41) is 4.54. The molecule has 1 N–H and O–H groups in total. The molecule has 0 bridgehead atoms. The highest BCUT2D eigenvalue weighted by molar-refractivity contribution is 9.09. The number of thiophene rings is 1. The Hall–Kier alpha value is 0.430. The number of alkyl halides is 1. The summed E-state index contributed by atoms with van der Waals surface area (Å²) in [4.78, 5) is 1.29. The van der Waals surface area contributed by atoms with Gasteiger partial charge < -0.3 is 5.32 Å². The minimum Gasteiger partial charge on any atom is -0.307 e. The first-order chi connectivity index (χ1) is 6.53. The van der Waals surface area contributed by atoms with E-state index in [4.69, 9.17) is 11.6 Å². The monoisotopic (exact) mass is 295 g/mol. The van der Waals surface area contributed by atoms with Crippen LogP contribution in [0.4, 0.5) is 0 Å². The van der Waals surface area contributed by atoms with E-state index in [0.717, 1.165) is 22.6 Å². The van der Waals surface area contributed by atoms with Crippen molar-refractivity contribution in [1.82, 2.24) is 5.32 Å². The maximum Gasteiger partial charge on any atom is 0.0931 e. The van der Waals surface area contributed by atoms with E-state index < -0.39 is 0 Å². The van der Waals surface area contributed by atoms with Crippen LogP contribution < -0.4 is 5.32 Å². The summed E-state index contributed by atoms with van der Waals surface area (Å²) in [6.45, 7) is 5.32. The van der Waals surface area contributed by atoms with E-state index in [0.29, 0.717) is 0 Å². The van der Waals surface area contributed by atoms with Gasteiger partial charge in [-0.05, 0) is 32.4 Å². The molecule has 1 aromatic rings. The molecule has 0 amide bonds. The van der Waals surface area contributed by atoms with Gasteiger partial charge >= 0.3 is 0 Å². The number of hydrogen-bond donors (Lipinski definition) is 1.